The lowest BCUT2D eigenvalue weighted by molar-refractivity contribution is -0.141. The topological polar surface area (TPSA) is 52.6 Å². The summed E-state index contributed by atoms with van der Waals surface area (Å²) in [6.07, 6.45) is -0.694. The van der Waals surface area contributed by atoms with Crippen molar-refractivity contribution in [3.63, 3.8) is 0 Å². The molecule has 1 heterocycles. The molecule has 1 saturated heterocycles. The third-order valence-electron chi connectivity index (χ3n) is 2.48. The van der Waals surface area contributed by atoms with E-state index in [1.807, 2.05) is 6.07 Å². The third kappa shape index (κ3) is 2.21. The molecule has 0 aliphatic carbocycles. The van der Waals surface area contributed by atoms with Gasteiger partial charge in [-0.15, -0.1) is 0 Å². The predicted octanol–water partition coefficient (Wildman–Crippen LogP) is 1.55. The number of rotatable bonds is 2. The molecule has 1 aromatic rings. The summed E-state index contributed by atoms with van der Waals surface area (Å²) in [5.74, 6) is -0.742. The van der Waals surface area contributed by atoms with E-state index in [1.165, 1.54) is 0 Å². The van der Waals surface area contributed by atoms with Crippen LogP contribution >= 0.6 is 0 Å². The van der Waals surface area contributed by atoms with Crippen LogP contribution in [0.3, 0.4) is 0 Å². The molecule has 0 N–H and O–H groups in total. The van der Waals surface area contributed by atoms with Crippen LogP contribution in [-0.2, 0) is 14.3 Å². The van der Waals surface area contributed by atoms with Gasteiger partial charge in [-0.25, -0.2) is 4.79 Å². The largest absolute Gasteiger partial charge is 0.459 e. The van der Waals surface area contributed by atoms with Gasteiger partial charge < -0.3 is 9.47 Å². The molecule has 1 aromatic carbocycles. The summed E-state index contributed by atoms with van der Waals surface area (Å²) in [6.45, 7) is 1.72. The lowest BCUT2D eigenvalue weighted by Gasteiger charge is -2.13. The fourth-order valence-electron chi connectivity index (χ4n) is 1.58. The van der Waals surface area contributed by atoms with Gasteiger partial charge in [0.1, 0.15) is 12.2 Å². The molecule has 0 radical (unpaired) electrons. The highest BCUT2D eigenvalue weighted by atomic mass is 16.6. The molecule has 84 valence electrons. The van der Waals surface area contributed by atoms with Gasteiger partial charge in [-0.1, -0.05) is 18.2 Å². The zero-order valence-corrected chi connectivity index (χ0v) is 8.88. The van der Waals surface area contributed by atoms with Crippen molar-refractivity contribution in [1.82, 2.24) is 0 Å². The monoisotopic (exact) mass is 220 g/mol. The molecular weight excluding hydrogens is 208 g/mol. The smallest absolute Gasteiger partial charge is 0.338 e. The number of carbonyl (C=O) groups excluding carboxylic acids is 2. The Kier molecular flexibility index (Phi) is 2.90. The van der Waals surface area contributed by atoms with Gasteiger partial charge >= 0.3 is 11.9 Å². The Bertz CT molecular complexity index is 399. The Morgan fingerprint density at radius 3 is 2.62 bits per heavy atom. The van der Waals surface area contributed by atoms with Gasteiger partial charge in [-0.05, 0) is 19.1 Å². The van der Waals surface area contributed by atoms with Crippen LogP contribution in [0.5, 0.6) is 0 Å². The van der Waals surface area contributed by atoms with Crippen molar-refractivity contribution in [2.45, 2.75) is 25.6 Å². The summed E-state index contributed by atoms with van der Waals surface area (Å²) in [5, 5.41) is 0. The average molecular weight is 220 g/mol. The first-order chi connectivity index (χ1) is 7.66. The summed E-state index contributed by atoms with van der Waals surface area (Å²) in [4.78, 5) is 22.6. The summed E-state index contributed by atoms with van der Waals surface area (Å²) in [7, 11) is 0. The maximum atomic E-state index is 11.7. The van der Waals surface area contributed by atoms with E-state index in [2.05, 4.69) is 0 Å². The van der Waals surface area contributed by atoms with E-state index >= 15 is 0 Å². The second-order valence-electron chi connectivity index (χ2n) is 3.71. The predicted molar refractivity (Wildman–Crippen MR) is 55.8 cm³/mol. The highest BCUT2D eigenvalue weighted by Crippen LogP contribution is 2.19. The molecule has 0 saturated carbocycles. The standard InChI is InChI=1S/C12H12O4/c1-8-10(7-11(13)15-8)16-12(14)9-5-3-2-4-6-9/h2-6,8,10H,7H2,1H3. The molecule has 4 heteroatoms. The number of hydrogen-bond acceptors (Lipinski definition) is 4. The van der Waals surface area contributed by atoms with Crippen LogP contribution in [0, 0.1) is 0 Å². The Labute approximate surface area is 93.2 Å². The molecule has 16 heavy (non-hydrogen) atoms. The number of carbonyl (C=O) groups is 2. The first-order valence-corrected chi connectivity index (χ1v) is 5.12. The maximum absolute atomic E-state index is 11.7. The quantitative estimate of drug-likeness (QED) is 0.709. The summed E-state index contributed by atoms with van der Waals surface area (Å²) < 4.78 is 10.1. The SMILES string of the molecule is CC1OC(=O)CC1OC(=O)c1ccccc1. The van der Waals surface area contributed by atoms with E-state index in [0.717, 1.165) is 0 Å². The lowest BCUT2D eigenvalue weighted by atomic mass is 10.2. The average Bonchev–Trinajstić information content (AvgIpc) is 2.59. The summed E-state index contributed by atoms with van der Waals surface area (Å²) in [6, 6.07) is 8.68. The maximum Gasteiger partial charge on any atom is 0.338 e. The number of cyclic esters (lactones) is 1. The van der Waals surface area contributed by atoms with Crippen LogP contribution in [0.4, 0.5) is 0 Å². The van der Waals surface area contributed by atoms with Crippen molar-refractivity contribution in [3.8, 4) is 0 Å². The first kappa shape index (κ1) is 10.7. The highest BCUT2D eigenvalue weighted by Gasteiger charge is 2.34. The van der Waals surface area contributed by atoms with E-state index in [4.69, 9.17) is 9.47 Å². The molecule has 4 nitrogen and oxygen atoms in total. The Morgan fingerprint density at radius 2 is 2.06 bits per heavy atom. The van der Waals surface area contributed by atoms with Crippen molar-refractivity contribution < 1.29 is 19.1 Å². The Balaban J connectivity index is 2.01. The molecule has 1 aliphatic heterocycles. The molecule has 1 aliphatic rings. The molecule has 2 atom stereocenters. The highest BCUT2D eigenvalue weighted by molar-refractivity contribution is 5.89. The zero-order valence-electron chi connectivity index (χ0n) is 8.88. The second kappa shape index (κ2) is 4.35. The van der Waals surface area contributed by atoms with E-state index in [-0.39, 0.29) is 18.5 Å². The van der Waals surface area contributed by atoms with Crippen molar-refractivity contribution in [2.24, 2.45) is 0 Å². The molecule has 2 rings (SSSR count). The third-order valence-corrected chi connectivity index (χ3v) is 2.48. The van der Waals surface area contributed by atoms with E-state index < -0.39 is 12.1 Å². The van der Waals surface area contributed by atoms with E-state index in [9.17, 15) is 9.59 Å². The van der Waals surface area contributed by atoms with Gasteiger partial charge in [0.25, 0.3) is 0 Å². The number of hydrogen-bond donors (Lipinski definition) is 0. The molecule has 2 unspecified atom stereocenters. The van der Waals surface area contributed by atoms with Crippen LogP contribution in [0.25, 0.3) is 0 Å². The first-order valence-electron chi connectivity index (χ1n) is 5.12. The fraction of sp³-hybridized carbons (Fsp3) is 0.333. The molecular formula is C12H12O4. The van der Waals surface area contributed by atoms with Crippen LogP contribution in [0.15, 0.2) is 30.3 Å². The van der Waals surface area contributed by atoms with Crippen molar-refractivity contribution >= 4 is 11.9 Å². The van der Waals surface area contributed by atoms with Crippen molar-refractivity contribution in [2.75, 3.05) is 0 Å². The van der Waals surface area contributed by atoms with Gasteiger partial charge in [0.05, 0.1) is 12.0 Å². The van der Waals surface area contributed by atoms with Gasteiger partial charge in [0.15, 0.2) is 0 Å². The van der Waals surface area contributed by atoms with Crippen LogP contribution in [0.2, 0.25) is 0 Å². The van der Waals surface area contributed by atoms with E-state index in [1.54, 1.807) is 31.2 Å². The van der Waals surface area contributed by atoms with Crippen molar-refractivity contribution in [3.05, 3.63) is 35.9 Å². The van der Waals surface area contributed by atoms with Gasteiger partial charge in [0.2, 0.25) is 0 Å². The van der Waals surface area contributed by atoms with Gasteiger partial charge in [-0.3, -0.25) is 4.79 Å². The number of esters is 2. The van der Waals surface area contributed by atoms with Crippen molar-refractivity contribution in [1.29, 1.82) is 0 Å². The van der Waals surface area contributed by atoms with Crippen LogP contribution < -0.4 is 0 Å². The number of ether oxygens (including phenoxy) is 2. The molecule has 0 amide bonds. The van der Waals surface area contributed by atoms with Crippen LogP contribution in [-0.4, -0.2) is 24.1 Å². The minimum atomic E-state index is -0.472. The Hall–Kier alpha value is -1.84. The van der Waals surface area contributed by atoms with Crippen LogP contribution in [0.1, 0.15) is 23.7 Å². The molecule has 1 fully saturated rings. The molecule has 0 bridgehead atoms. The lowest BCUT2D eigenvalue weighted by Crippen LogP contribution is -2.24. The minimum absolute atomic E-state index is 0.139. The zero-order chi connectivity index (χ0) is 11.5. The number of benzene rings is 1. The normalized spacial score (nSPS) is 23.9. The molecule has 0 spiro atoms. The molecule has 0 aromatic heterocycles. The fourth-order valence-corrected chi connectivity index (χ4v) is 1.58. The summed E-state index contributed by atoms with van der Waals surface area (Å²) >= 11 is 0. The minimum Gasteiger partial charge on any atom is -0.459 e. The second-order valence-corrected chi connectivity index (χ2v) is 3.71. The van der Waals surface area contributed by atoms with Gasteiger partial charge in [0, 0.05) is 0 Å². The van der Waals surface area contributed by atoms with Gasteiger partial charge in [-0.2, -0.15) is 0 Å². The Morgan fingerprint density at radius 1 is 1.38 bits per heavy atom. The van der Waals surface area contributed by atoms with E-state index in [0.29, 0.717) is 5.56 Å². The summed E-state index contributed by atoms with van der Waals surface area (Å²) in [5.41, 5.74) is 0.481.